The van der Waals surface area contributed by atoms with E-state index in [9.17, 15) is 13.2 Å². The van der Waals surface area contributed by atoms with Crippen LogP contribution in [0.25, 0.3) is 11.1 Å². The quantitative estimate of drug-likeness (QED) is 0.414. The van der Waals surface area contributed by atoms with Crippen LogP contribution in [-0.4, -0.2) is 26.5 Å². The zero-order valence-electron chi connectivity index (χ0n) is 19.2. The van der Waals surface area contributed by atoms with Crippen molar-refractivity contribution < 1.29 is 27.4 Å². The smallest absolute Gasteiger partial charge is 0.190 e. The third kappa shape index (κ3) is 5.90. The van der Waals surface area contributed by atoms with Gasteiger partial charge in [-0.3, -0.25) is 0 Å². The molecule has 1 aliphatic heterocycles. The Kier molecular flexibility index (Phi) is 8.31. The summed E-state index contributed by atoms with van der Waals surface area (Å²) in [6.07, 6.45) is 7.39. The summed E-state index contributed by atoms with van der Waals surface area (Å²) >= 11 is 0. The normalized spacial score (nSPS) is 25.7. The average Bonchev–Trinajstić information content (AvgIpc) is 2.84. The zero-order chi connectivity index (χ0) is 23.2. The van der Waals surface area contributed by atoms with Gasteiger partial charge in [-0.2, -0.15) is 0 Å². The van der Waals surface area contributed by atoms with E-state index in [2.05, 4.69) is 6.92 Å². The molecule has 2 fully saturated rings. The maximum absolute atomic E-state index is 14.2. The SMILES string of the molecule is CCCC1CCC(C2COC(c3ccc(-c4cc(F)c(OCCF)c(F)c4)cc3)OC2)CC1. The Morgan fingerprint density at radius 2 is 1.52 bits per heavy atom. The lowest BCUT2D eigenvalue weighted by Crippen LogP contribution is -2.34. The molecule has 0 radical (unpaired) electrons. The molecular weight excluding hydrogens is 429 g/mol. The first-order valence-electron chi connectivity index (χ1n) is 12.1. The highest BCUT2D eigenvalue weighted by Gasteiger charge is 2.32. The van der Waals surface area contributed by atoms with Crippen LogP contribution < -0.4 is 4.74 Å². The number of hydrogen-bond donors (Lipinski definition) is 0. The molecule has 33 heavy (non-hydrogen) atoms. The zero-order valence-corrected chi connectivity index (χ0v) is 19.2. The predicted octanol–water partition coefficient (Wildman–Crippen LogP) is 7.25. The fourth-order valence-corrected chi connectivity index (χ4v) is 5.18. The molecule has 0 atom stereocenters. The van der Waals surface area contributed by atoms with Gasteiger partial charge in [-0.25, -0.2) is 13.2 Å². The van der Waals surface area contributed by atoms with E-state index in [1.807, 2.05) is 12.1 Å². The Morgan fingerprint density at radius 1 is 0.879 bits per heavy atom. The molecule has 4 rings (SSSR count). The van der Waals surface area contributed by atoms with Crippen LogP contribution in [0.2, 0.25) is 0 Å². The maximum atomic E-state index is 14.2. The van der Waals surface area contributed by atoms with Crippen LogP contribution in [0, 0.1) is 29.4 Å². The van der Waals surface area contributed by atoms with Crippen molar-refractivity contribution in [1.29, 1.82) is 0 Å². The van der Waals surface area contributed by atoms with Crippen molar-refractivity contribution in [1.82, 2.24) is 0 Å². The van der Waals surface area contributed by atoms with Gasteiger partial charge in [0.2, 0.25) is 0 Å². The predicted molar refractivity (Wildman–Crippen MR) is 122 cm³/mol. The van der Waals surface area contributed by atoms with Gasteiger partial charge in [-0.15, -0.1) is 0 Å². The Balaban J connectivity index is 1.33. The Morgan fingerprint density at radius 3 is 2.09 bits per heavy atom. The summed E-state index contributed by atoms with van der Waals surface area (Å²) in [5.41, 5.74) is 1.92. The van der Waals surface area contributed by atoms with Gasteiger partial charge >= 0.3 is 0 Å². The monoisotopic (exact) mass is 462 g/mol. The molecule has 2 aromatic rings. The molecule has 1 saturated heterocycles. The van der Waals surface area contributed by atoms with Crippen molar-refractivity contribution in [2.24, 2.45) is 17.8 Å². The van der Waals surface area contributed by atoms with Crippen molar-refractivity contribution in [3.05, 3.63) is 53.6 Å². The Bertz CT molecular complexity index is 863. The van der Waals surface area contributed by atoms with Gasteiger partial charge in [0.05, 0.1) is 13.2 Å². The van der Waals surface area contributed by atoms with Gasteiger partial charge in [0.1, 0.15) is 13.3 Å². The fraction of sp³-hybridized carbons (Fsp3) is 0.556. The van der Waals surface area contributed by atoms with E-state index in [0.29, 0.717) is 36.2 Å². The van der Waals surface area contributed by atoms with E-state index in [0.717, 1.165) is 11.5 Å². The van der Waals surface area contributed by atoms with Crippen LogP contribution in [0.15, 0.2) is 36.4 Å². The van der Waals surface area contributed by atoms with Gasteiger partial charge in [0.15, 0.2) is 23.7 Å². The summed E-state index contributed by atoms with van der Waals surface area (Å²) in [7, 11) is 0. The van der Waals surface area contributed by atoms with Gasteiger partial charge in [-0.05, 0) is 47.9 Å². The second-order valence-electron chi connectivity index (χ2n) is 9.26. The number of benzene rings is 2. The maximum Gasteiger partial charge on any atom is 0.190 e. The van der Waals surface area contributed by atoms with Crippen LogP contribution in [0.1, 0.15) is 57.3 Å². The van der Waals surface area contributed by atoms with Crippen LogP contribution in [0.4, 0.5) is 13.2 Å². The molecule has 0 spiro atoms. The van der Waals surface area contributed by atoms with Crippen molar-refractivity contribution in [2.45, 2.75) is 51.7 Å². The third-order valence-electron chi connectivity index (χ3n) is 7.02. The molecule has 0 unspecified atom stereocenters. The summed E-state index contributed by atoms with van der Waals surface area (Å²) < 4.78 is 57.6. The standard InChI is InChI=1S/C27H33F3O3/c1-2-3-18-4-6-20(7-5-18)23-16-32-27(33-17-23)21-10-8-19(9-11-21)22-14-24(29)26(25(30)15-22)31-13-12-28/h8-11,14-15,18,20,23,27H,2-7,12-13,16-17H2,1H3. The molecule has 6 heteroatoms. The first-order chi connectivity index (χ1) is 16.1. The minimum Gasteiger partial charge on any atom is -0.485 e. The van der Waals surface area contributed by atoms with Gasteiger partial charge in [0, 0.05) is 11.5 Å². The van der Waals surface area contributed by atoms with E-state index in [-0.39, 0.29) is 6.61 Å². The number of hydrogen-bond acceptors (Lipinski definition) is 3. The second kappa shape index (κ2) is 11.4. The summed E-state index contributed by atoms with van der Waals surface area (Å²) in [4.78, 5) is 0. The Hall–Kier alpha value is -2.05. The van der Waals surface area contributed by atoms with E-state index in [1.165, 1.54) is 50.7 Å². The fourth-order valence-electron chi connectivity index (χ4n) is 5.18. The molecular formula is C27H33F3O3. The first kappa shape index (κ1) is 24.1. The lowest BCUT2D eigenvalue weighted by Gasteiger charge is -2.37. The highest BCUT2D eigenvalue weighted by Crippen LogP contribution is 2.39. The second-order valence-corrected chi connectivity index (χ2v) is 9.26. The molecule has 1 saturated carbocycles. The molecule has 0 bridgehead atoms. The van der Waals surface area contributed by atoms with Crippen LogP contribution in [0.3, 0.4) is 0 Å². The summed E-state index contributed by atoms with van der Waals surface area (Å²) in [5.74, 6) is -0.225. The molecule has 1 aliphatic carbocycles. The minimum absolute atomic E-state index is 0.383. The molecule has 180 valence electrons. The van der Waals surface area contributed by atoms with E-state index in [4.69, 9.17) is 14.2 Å². The largest absolute Gasteiger partial charge is 0.485 e. The number of alkyl halides is 1. The van der Waals surface area contributed by atoms with E-state index >= 15 is 0 Å². The van der Waals surface area contributed by atoms with Crippen LogP contribution in [-0.2, 0) is 9.47 Å². The number of ether oxygens (including phenoxy) is 3. The Labute approximate surface area is 194 Å². The lowest BCUT2D eigenvalue weighted by atomic mass is 9.75. The van der Waals surface area contributed by atoms with Gasteiger partial charge < -0.3 is 14.2 Å². The van der Waals surface area contributed by atoms with Crippen LogP contribution >= 0.6 is 0 Å². The molecule has 1 heterocycles. The molecule has 0 aromatic heterocycles. The highest BCUT2D eigenvalue weighted by molar-refractivity contribution is 5.65. The third-order valence-corrected chi connectivity index (χ3v) is 7.02. The number of halogens is 3. The van der Waals surface area contributed by atoms with Crippen molar-refractivity contribution in [2.75, 3.05) is 26.5 Å². The summed E-state index contributed by atoms with van der Waals surface area (Å²) in [6, 6.07) is 9.69. The summed E-state index contributed by atoms with van der Waals surface area (Å²) in [6.45, 7) is 2.47. The molecule has 3 nitrogen and oxygen atoms in total. The van der Waals surface area contributed by atoms with Crippen LogP contribution in [0.5, 0.6) is 5.75 Å². The van der Waals surface area contributed by atoms with E-state index in [1.54, 1.807) is 12.1 Å². The highest BCUT2D eigenvalue weighted by atomic mass is 19.1. The van der Waals surface area contributed by atoms with Crippen molar-refractivity contribution >= 4 is 0 Å². The van der Waals surface area contributed by atoms with E-state index < -0.39 is 30.3 Å². The molecule has 0 amide bonds. The van der Waals surface area contributed by atoms with Gasteiger partial charge in [-0.1, -0.05) is 56.9 Å². The summed E-state index contributed by atoms with van der Waals surface area (Å²) in [5, 5.41) is 0. The average molecular weight is 463 g/mol. The van der Waals surface area contributed by atoms with Crippen molar-refractivity contribution in [3.63, 3.8) is 0 Å². The minimum atomic E-state index is -0.851. The molecule has 0 N–H and O–H groups in total. The first-order valence-corrected chi connectivity index (χ1v) is 12.1. The van der Waals surface area contributed by atoms with Gasteiger partial charge in [0.25, 0.3) is 0 Å². The topological polar surface area (TPSA) is 27.7 Å². The molecule has 2 aliphatic rings. The van der Waals surface area contributed by atoms with Crippen molar-refractivity contribution in [3.8, 4) is 16.9 Å². The lowest BCUT2D eigenvalue weighted by molar-refractivity contribution is -0.214. The molecule has 2 aromatic carbocycles. The number of rotatable bonds is 8.